The van der Waals surface area contributed by atoms with Crippen molar-refractivity contribution in [2.75, 3.05) is 0 Å². The Morgan fingerprint density at radius 3 is 1.19 bits per heavy atom. The Bertz CT molecular complexity index is 3440. The van der Waals surface area contributed by atoms with Crippen LogP contribution in [-0.4, -0.2) is 9.13 Å². The molecule has 12 rings (SSSR count). The summed E-state index contributed by atoms with van der Waals surface area (Å²) in [4.78, 5) is 0. The standard InChI is InChI=1S/C56H36N2/c1-2-13-43-37(12-1)28-35-47-44(18-11-19-46(43)47)40-29-34-45(38-24-30-41(31-25-38)57-53-20-7-3-14-48(53)49-15-4-8-21-54(49)57)52(36-40)39-26-32-42(33-27-39)58-55-22-9-5-16-50(55)51-17-6-10-23-56(51)58/h1-36H. The summed E-state index contributed by atoms with van der Waals surface area (Å²) in [6.07, 6.45) is 0. The second kappa shape index (κ2) is 12.9. The Labute approximate surface area is 336 Å². The highest BCUT2D eigenvalue weighted by molar-refractivity contribution is 6.13. The second-order valence-electron chi connectivity index (χ2n) is 15.3. The minimum absolute atomic E-state index is 1.15. The summed E-state index contributed by atoms with van der Waals surface area (Å²) in [5, 5.41) is 10.2. The molecule has 0 unspecified atom stereocenters. The normalized spacial score (nSPS) is 11.8. The molecule has 2 heteroatoms. The van der Waals surface area contributed by atoms with Gasteiger partial charge >= 0.3 is 0 Å². The molecule has 0 amide bonds. The highest BCUT2D eigenvalue weighted by Crippen LogP contribution is 2.41. The van der Waals surface area contributed by atoms with Crippen LogP contribution in [0.5, 0.6) is 0 Å². The monoisotopic (exact) mass is 736 g/mol. The third-order valence-corrected chi connectivity index (χ3v) is 12.2. The summed E-state index contributed by atoms with van der Waals surface area (Å²) >= 11 is 0. The molecule has 0 aliphatic heterocycles. The molecule has 0 spiro atoms. The fraction of sp³-hybridized carbons (Fsp3) is 0. The average Bonchev–Trinajstić information content (AvgIpc) is 3.82. The summed E-state index contributed by atoms with van der Waals surface area (Å²) < 4.78 is 4.77. The van der Waals surface area contributed by atoms with E-state index in [1.807, 2.05) is 0 Å². The van der Waals surface area contributed by atoms with E-state index in [2.05, 4.69) is 228 Å². The van der Waals surface area contributed by atoms with Crippen LogP contribution < -0.4 is 0 Å². The van der Waals surface area contributed by atoms with E-state index in [-0.39, 0.29) is 0 Å². The first-order valence-corrected chi connectivity index (χ1v) is 20.0. The van der Waals surface area contributed by atoms with Gasteiger partial charge in [0.05, 0.1) is 22.1 Å². The lowest BCUT2D eigenvalue weighted by Crippen LogP contribution is -1.95. The van der Waals surface area contributed by atoms with Crippen molar-refractivity contribution in [3.05, 3.63) is 218 Å². The van der Waals surface area contributed by atoms with E-state index < -0.39 is 0 Å². The molecule has 0 aliphatic rings. The van der Waals surface area contributed by atoms with Gasteiger partial charge < -0.3 is 9.13 Å². The van der Waals surface area contributed by atoms with E-state index in [1.54, 1.807) is 0 Å². The minimum Gasteiger partial charge on any atom is -0.309 e. The van der Waals surface area contributed by atoms with Gasteiger partial charge in [0.15, 0.2) is 0 Å². The van der Waals surface area contributed by atoms with Crippen LogP contribution in [0.4, 0.5) is 0 Å². The third kappa shape index (κ3) is 4.99. The SMILES string of the molecule is c1ccc2c(c1)ccc1c(-c3ccc(-c4ccc(-n5c6ccccc6c6ccccc65)cc4)c(-c4ccc(-n5c6ccccc6c6ccccc65)cc4)c3)cccc12. The minimum atomic E-state index is 1.15. The molecule has 0 atom stereocenters. The number of para-hydroxylation sites is 4. The Balaban J connectivity index is 1.02. The summed E-state index contributed by atoms with van der Waals surface area (Å²) in [5.74, 6) is 0. The molecule has 0 N–H and O–H groups in total. The van der Waals surface area contributed by atoms with Gasteiger partial charge in [-0.2, -0.15) is 0 Å². The molecule has 58 heavy (non-hydrogen) atoms. The molecule has 0 saturated heterocycles. The van der Waals surface area contributed by atoms with Crippen molar-refractivity contribution in [3.63, 3.8) is 0 Å². The van der Waals surface area contributed by atoms with Gasteiger partial charge in [-0.05, 0) is 110 Å². The van der Waals surface area contributed by atoms with Crippen LogP contribution >= 0.6 is 0 Å². The smallest absolute Gasteiger partial charge is 0.0541 e. The van der Waals surface area contributed by atoms with Gasteiger partial charge in [0, 0.05) is 32.9 Å². The molecular formula is C56H36N2. The van der Waals surface area contributed by atoms with Gasteiger partial charge in [-0.25, -0.2) is 0 Å². The van der Waals surface area contributed by atoms with Crippen LogP contribution in [0.2, 0.25) is 0 Å². The predicted molar refractivity (Wildman–Crippen MR) is 246 cm³/mol. The number of fused-ring (bicyclic) bond motifs is 9. The maximum absolute atomic E-state index is 2.40. The van der Waals surface area contributed by atoms with Crippen LogP contribution in [0.15, 0.2) is 218 Å². The molecule has 270 valence electrons. The number of rotatable bonds is 5. The molecular weight excluding hydrogens is 701 g/mol. The van der Waals surface area contributed by atoms with E-state index in [9.17, 15) is 0 Å². The Morgan fingerprint density at radius 2 is 0.655 bits per heavy atom. The molecule has 12 aromatic rings. The molecule has 0 bridgehead atoms. The number of hydrogen-bond donors (Lipinski definition) is 0. The van der Waals surface area contributed by atoms with Crippen LogP contribution in [0.1, 0.15) is 0 Å². The van der Waals surface area contributed by atoms with Gasteiger partial charge in [0.2, 0.25) is 0 Å². The van der Waals surface area contributed by atoms with Gasteiger partial charge in [-0.3, -0.25) is 0 Å². The Kier molecular flexibility index (Phi) is 7.26. The second-order valence-corrected chi connectivity index (χ2v) is 15.3. The largest absolute Gasteiger partial charge is 0.309 e. The highest BCUT2D eigenvalue weighted by Gasteiger charge is 2.16. The van der Waals surface area contributed by atoms with Gasteiger partial charge in [-0.1, -0.05) is 164 Å². The Morgan fingerprint density at radius 1 is 0.224 bits per heavy atom. The molecule has 0 aliphatic carbocycles. The number of benzene rings is 10. The number of aromatic nitrogens is 2. The van der Waals surface area contributed by atoms with Crippen LogP contribution in [-0.2, 0) is 0 Å². The van der Waals surface area contributed by atoms with Crippen molar-refractivity contribution < 1.29 is 0 Å². The zero-order chi connectivity index (χ0) is 38.2. The highest BCUT2D eigenvalue weighted by atomic mass is 15.0. The first kappa shape index (κ1) is 32.6. The molecule has 2 nitrogen and oxygen atoms in total. The first-order chi connectivity index (χ1) is 28.8. The van der Waals surface area contributed by atoms with Crippen LogP contribution in [0, 0.1) is 0 Å². The molecule has 2 aromatic heterocycles. The average molecular weight is 737 g/mol. The maximum Gasteiger partial charge on any atom is 0.0541 e. The van der Waals surface area contributed by atoms with Crippen molar-refractivity contribution in [2.45, 2.75) is 0 Å². The zero-order valence-corrected chi connectivity index (χ0v) is 31.7. The van der Waals surface area contributed by atoms with E-state index in [4.69, 9.17) is 0 Å². The molecule has 2 heterocycles. The van der Waals surface area contributed by atoms with E-state index in [0.717, 1.165) is 11.4 Å². The fourth-order valence-electron chi connectivity index (χ4n) is 9.48. The third-order valence-electron chi connectivity index (χ3n) is 12.2. The summed E-state index contributed by atoms with van der Waals surface area (Å²) in [6.45, 7) is 0. The molecule has 0 radical (unpaired) electrons. The molecule has 10 aromatic carbocycles. The van der Waals surface area contributed by atoms with Crippen molar-refractivity contribution in [2.24, 2.45) is 0 Å². The predicted octanol–water partition coefficient (Wildman–Crippen LogP) is 15.2. The quantitative estimate of drug-likeness (QED) is 0.156. The summed E-state index contributed by atoms with van der Waals surface area (Å²) in [7, 11) is 0. The topological polar surface area (TPSA) is 9.86 Å². The van der Waals surface area contributed by atoms with Crippen LogP contribution in [0.25, 0.3) is 110 Å². The van der Waals surface area contributed by atoms with Crippen molar-refractivity contribution in [1.82, 2.24) is 9.13 Å². The van der Waals surface area contributed by atoms with Gasteiger partial charge in [0.25, 0.3) is 0 Å². The van der Waals surface area contributed by atoms with Crippen molar-refractivity contribution >= 4 is 65.2 Å². The van der Waals surface area contributed by atoms with Gasteiger partial charge in [0.1, 0.15) is 0 Å². The zero-order valence-electron chi connectivity index (χ0n) is 31.7. The maximum atomic E-state index is 2.40. The molecule has 0 saturated carbocycles. The van der Waals surface area contributed by atoms with E-state index >= 15 is 0 Å². The number of nitrogens with zero attached hydrogens (tertiary/aromatic N) is 2. The number of hydrogen-bond acceptors (Lipinski definition) is 0. The first-order valence-electron chi connectivity index (χ1n) is 20.0. The lowest BCUT2D eigenvalue weighted by Gasteiger charge is -2.16. The van der Waals surface area contributed by atoms with Crippen LogP contribution in [0.3, 0.4) is 0 Å². The van der Waals surface area contributed by atoms with Crippen molar-refractivity contribution in [1.29, 1.82) is 0 Å². The van der Waals surface area contributed by atoms with E-state index in [1.165, 1.54) is 98.5 Å². The van der Waals surface area contributed by atoms with E-state index in [0.29, 0.717) is 0 Å². The lowest BCUT2D eigenvalue weighted by molar-refractivity contribution is 1.18. The Hall–Kier alpha value is -7.68. The van der Waals surface area contributed by atoms with Gasteiger partial charge in [-0.15, -0.1) is 0 Å². The summed E-state index contributed by atoms with van der Waals surface area (Å²) in [6, 6.07) is 80.0. The van der Waals surface area contributed by atoms with Crippen molar-refractivity contribution in [3.8, 4) is 44.8 Å². The lowest BCUT2D eigenvalue weighted by atomic mass is 9.89. The fourth-order valence-corrected chi connectivity index (χ4v) is 9.48. The summed E-state index contributed by atoms with van der Waals surface area (Å²) in [5.41, 5.74) is 14.4. The molecule has 0 fully saturated rings.